The van der Waals surface area contributed by atoms with E-state index in [2.05, 4.69) is 50.3 Å². The van der Waals surface area contributed by atoms with E-state index in [-0.39, 0.29) is 0 Å². The van der Waals surface area contributed by atoms with Gasteiger partial charge < -0.3 is 0 Å². The number of aryl methyl sites for hydroxylation is 1. The van der Waals surface area contributed by atoms with Crippen LogP contribution in [0.3, 0.4) is 0 Å². The predicted octanol–water partition coefficient (Wildman–Crippen LogP) is 6.65. The molecule has 1 aromatic carbocycles. The number of allylic oxidation sites excluding steroid dienone is 2. The van der Waals surface area contributed by atoms with Gasteiger partial charge in [0.1, 0.15) is 0 Å². The van der Waals surface area contributed by atoms with Crippen molar-refractivity contribution in [2.24, 2.45) is 17.8 Å². The highest BCUT2D eigenvalue weighted by atomic mass is 14.4. The van der Waals surface area contributed by atoms with E-state index in [0.29, 0.717) is 0 Å². The smallest absolute Gasteiger partial charge is 0.0162 e. The molecule has 2 saturated carbocycles. The van der Waals surface area contributed by atoms with Crippen LogP contribution in [0.5, 0.6) is 0 Å². The van der Waals surface area contributed by atoms with Crippen molar-refractivity contribution in [1.29, 1.82) is 0 Å². The minimum atomic E-state index is 0.830. The molecule has 0 aromatic heterocycles. The Kier molecular flexibility index (Phi) is 5.39. The molecule has 0 spiro atoms. The first-order chi connectivity index (χ1) is 10.8. The molecule has 0 radical (unpaired) electrons. The second-order valence-electron chi connectivity index (χ2n) is 7.72. The molecule has 0 amide bonds. The Hall–Kier alpha value is -1.04. The van der Waals surface area contributed by atoms with E-state index in [1.54, 1.807) is 5.56 Å². The van der Waals surface area contributed by atoms with E-state index in [4.69, 9.17) is 0 Å². The van der Waals surface area contributed by atoms with Gasteiger partial charge in [-0.05, 0) is 94.4 Å². The molecule has 0 bridgehead atoms. The van der Waals surface area contributed by atoms with Crippen LogP contribution in [0.1, 0.15) is 75.3 Å². The highest BCUT2D eigenvalue weighted by Crippen LogP contribution is 2.44. The van der Waals surface area contributed by atoms with Gasteiger partial charge in [0.2, 0.25) is 0 Å². The molecule has 120 valence electrons. The third kappa shape index (κ3) is 3.83. The zero-order chi connectivity index (χ0) is 15.4. The number of hydrogen-bond donors (Lipinski definition) is 0. The summed E-state index contributed by atoms with van der Waals surface area (Å²) in [4.78, 5) is 0. The van der Waals surface area contributed by atoms with Gasteiger partial charge in [-0.15, -0.1) is 0 Å². The lowest BCUT2D eigenvalue weighted by atomic mass is 9.68. The van der Waals surface area contributed by atoms with E-state index in [0.717, 1.165) is 23.7 Å². The summed E-state index contributed by atoms with van der Waals surface area (Å²) in [5.41, 5.74) is 2.97. The SMILES string of the molecule is CC=CC1CCC(C2CCC(c3ccc(C)cc3)CC2)CC1. The van der Waals surface area contributed by atoms with Crippen LogP contribution in [0, 0.1) is 24.7 Å². The summed E-state index contributed by atoms with van der Waals surface area (Å²) < 4.78 is 0. The molecule has 0 aliphatic heterocycles. The summed E-state index contributed by atoms with van der Waals surface area (Å²) in [7, 11) is 0. The van der Waals surface area contributed by atoms with Crippen LogP contribution >= 0.6 is 0 Å². The first-order valence-electron chi connectivity index (χ1n) is 9.45. The van der Waals surface area contributed by atoms with Crippen molar-refractivity contribution in [2.45, 2.75) is 71.1 Å². The normalized spacial score (nSPS) is 33.2. The second-order valence-corrected chi connectivity index (χ2v) is 7.72. The fourth-order valence-electron chi connectivity index (χ4n) is 4.84. The van der Waals surface area contributed by atoms with Crippen LogP contribution in [0.15, 0.2) is 36.4 Å². The summed E-state index contributed by atoms with van der Waals surface area (Å²) in [6.07, 6.45) is 16.3. The van der Waals surface area contributed by atoms with Crippen LogP contribution in [0.2, 0.25) is 0 Å². The number of benzene rings is 1. The van der Waals surface area contributed by atoms with Gasteiger partial charge in [0.05, 0.1) is 0 Å². The molecule has 0 saturated heterocycles. The zero-order valence-corrected chi connectivity index (χ0v) is 14.4. The first kappa shape index (κ1) is 15.8. The molecule has 3 rings (SSSR count). The maximum absolute atomic E-state index is 2.44. The van der Waals surface area contributed by atoms with E-state index in [1.165, 1.54) is 56.9 Å². The molecule has 0 heteroatoms. The largest absolute Gasteiger partial charge is 0.0914 e. The van der Waals surface area contributed by atoms with E-state index >= 15 is 0 Å². The average Bonchev–Trinajstić information content (AvgIpc) is 2.57. The molecule has 0 heterocycles. The second kappa shape index (κ2) is 7.49. The lowest BCUT2D eigenvalue weighted by Crippen LogP contribution is -2.25. The standard InChI is InChI=1S/C22H32/c1-3-4-18-7-11-20(12-8-18)22-15-13-21(14-16-22)19-9-5-17(2)6-10-19/h3-6,9-10,18,20-22H,7-8,11-16H2,1-2H3. The van der Waals surface area contributed by atoms with Crippen molar-refractivity contribution in [2.75, 3.05) is 0 Å². The van der Waals surface area contributed by atoms with Gasteiger partial charge >= 0.3 is 0 Å². The quantitative estimate of drug-likeness (QED) is 0.548. The Morgan fingerprint density at radius 3 is 1.86 bits per heavy atom. The molecular weight excluding hydrogens is 264 g/mol. The molecule has 2 fully saturated rings. The number of rotatable bonds is 3. The van der Waals surface area contributed by atoms with Gasteiger partial charge in [-0.3, -0.25) is 0 Å². The topological polar surface area (TPSA) is 0 Å². The van der Waals surface area contributed by atoms with Crippen LogP contribution in [0.25, 0.3) is 0 Å². The molecule has 2 aliphatic carbocycles. The fourth-order valence-corrected chi connectivity index (χ4v) is 4.84. The van der Waals surface area contributed by atoms with Gasteiger partial charge in [-0.1, -0.05) is 42.0 Å². The Bertz CT molecular complexity index is 465. The van der Waals surface area contributed by atoms with Crippen molar-refractivity contribution in [3.8, 4) is 0 Å². The van der Waals surface area contributed by atoms with Crippen LogP contribution < -0.4 is 0 Å². The van der Waals surface area contributed by atoms with Gasteiger partial charge in [0.25, 0.3) is 0 Å². The summed E-state index contributed by atoms with van der Waals surface area (Å²) in [5.74, 6) is 3.76. The molecule has 2 aliphatic rings. The van der Waals surface area contributed by atoms with Gasteiger partial charge in [-0.25, -0.2) is 0 Å². The predicted molar refractivity (Wildman–Crippen MR) is 96.1 cm³/mol. The summed E-state index contributed by atoms with van der Waals surface area (Å²) in [6.45, 7) is 4.35. The molecule has 22 heavy (non-hydrogen) atoms. The average molecular weight is 296 g/mol. The van der Waals surface area contributed by atoms with E-state index in [1.807, 2.05) is 0 Å². The summed E-state index contributed by atoms with van der Waals surface area (Å²) >= 11 is 0. The Labute approximate surface area is 137 Å². The summed E-state index contributed by atoms with van der Waals surface area (Å²) in [5, 5.41) is 0. The maximum atomic E-state index is 2.44. The monoisotopic (exact) mass is 296 g/mol. The van der Waals surface area contributed by atoms with Gasteiger partial charge in [-0.2, -0.15) is 0 Å². The van der Waals surface area contributed by atoms with Crippen LogP contribution in [0.4, 0.5) is 0 Å². The molecule has 0 unspecified atom stereocenters. The Balaban J connectivity index is 1.49. The van der Waals surface area contributed by atoms with Crippen LogP contribution in [-0.2, 0) is 0 Å². The van der Waals surface area contributed by atoms with Crippen molar-refractivity contribution in [3.63, 3.8) is 0 Å². The number of hydrogen-bond acceptors (Lipinski definition) is 0. The third-order valence-corrected chi connectivity index (χ3v) is 6.27. The fraction of sp³-hybridized carbons (Fsp3) is 0.636. The third-order valence-electron chi connectivity index (χ3n) is 6.27. The van der Waals surface area contributed by atoms with Crippen LogP contribution in [-0.4, -0.2) is 0 Å². The molecular formula is C22H32. The van der Waals surface area contributed by atoms with Gasteiger partial charge in [0, 0.05) is 0 Å². The molecule has 0 N–H and O–H groups in total. The lowest BCUT2D eigenvalue weighted by Gasteiger charge is -2.37. The van der Waals surface area contributed by atoms with Crippen molar-refractivity contribution < 1.29 is 0 Å². The highest BCUT2D eigenvalue weighted by Gasteiger charge is 2.30. The highest BCUT2D eigenvalue weighted by molar-refractivity contribution is 5.24. The maximum Gasteiger partial charge on any atom is -0.0162 e. The molecule has 0 nitrogen and oxygen atoms in total. The van der Waals surface area contributed by atoms with E-state index < -0.39 is 0 Å². The van der Waals surface area contributed by atoms with Crippen molar-refractivity contribution in [3.05, 3.63) is 47.5 Å². The zero-order valence-electron chi connectivity index (χ0n) is 14.4. The minimum absolute atomic E-state index is 0.830. The van der Waals surface area contributed by atoms with Crippen molar-refractivity contribution in [1.82, 2.24) is 0 Å². The van der Waals surface area contributed by atoms with Gasteiger partial charge in [0.15, 0.2) is 0 Å². The molecule has 0 atom stereocenters. The summed E-state index contributed by atoms with van der Waals surface area (Å²) in [6, 6.07) is 9.29. The van der Waals surface area contributed by atoms with Crippen molar-refractivity contribution >= 4 is 0 Å². The Morgan fingerprint density at radius 2 is 1.32 bits per heavy atom. The first-order valence-corrected chi connectivity index (χ1v) is 9.45. The van der Waals surface area contributed by atoms with E-state index in [9.17, 15) is 0 Å². The lowest BCUT2D eigenvalue weighted by molar-refractivity contribution is 0.171. The Morgan fingerprint density at radius 1 is 0.773 bits per heavy atom. The minimum Gasteiger partial charge on any atom is -0.0914 e. The molecule has 1 aromatic rings.